The summed E-state index contributed by atoms with van der Waals surface area (Å²) in [4.78, 5) is 27.0. The van der Waals surface area contributed by atoms with Crippen LogP contribution in [-0.4, -0.2) is 69.8 Å². The Kier molecular flexibility index (Phi) is 5.90. The first-order chi connectivity index (χ1) is 13.7. The molecule has 1 saturated heterocycles. The number of ether oxygens (including phenoxy) is 1. The lowest BCUT2D eigenvalue weighted by atomic mass is 10.0. The van der Waals surface area contributed by atoms with E-state index in [1.54, 1.807) is 6.07 Å². The minimum absolute atomic E-state index is 0.186. The van der Waals surface area contributed by atoms with E-state index in [2.05, 4.69) is 31.2 Å². The third-order valence-electron chi connectivity index (χ3n) is 5.22. The van der Waals surface area contributed by atoms with Gasteiger partial charge in [-0.15, -0.1) is 0 Å². The van der Waals surface area contributed by atoms with Gasteiger partial charge >= 0.3 is 0 Å². The van der Waals surface area contributed by atoms with Crippen molar-refractivity contribution in [2.24, 2.45) is 5.92 Å². The first-order valence-corrected chi connectivity index (χ1v) is 9.66. The zero-order valence-electron chi connectivity index (χ0n) is 15.8. The number of pyridine rings is 1. The molecule has 4 rings (SSSR count). The summed E-state index contributed by atoms with van der Waals surface area (Å²) in [6.45, 7) is 3.84. The van der Waals surface area contributed by atoms with Crippen molar-refractivity contribution in [3.05, 3.63) is 53.4 Å². The predicted molar refractivity (Wildman–Crippen MR) is 102 cm³/mol. The fourth-order valence-corrected chi connectivity index (χ4v) is 3.59. The minimum Gasteiger partial charge on any atom is -0.390 e. The van der Waals surface area contributed by atoms with E-state index in [9.17, 15) is 9.90 Å². The Balaban J connectivity index is 1.25. The lowest BCUT2D eigenvalue weighted by Gasteiger charge is -2.30. The number of amides is 1. The molecule has 0 saturated carbocycles. The summed E-state index contributed by atoms with van der Waals surface area (Å²) in [7, 11) is 0. The van der Waals surface area contributed by atoms with Crippen LogP contribution in [0.5, 0.6) is 0 Å². The maximum absolute atomic E-state index is 12.4. The molecule has 0 bridgehead atoms. The van der Waals surface area contributed by atoms with Gasteiger partial charge in [-0.2, -0.15) is 0 Å². The van der Waals surface area contributed by atoms with Crippen molar-refractivity contribution in [2.45, 2.75) is 25.5 Å². The Morgan fingerprint density at radius 1 is 1.36 bits per heavy atom. The van der Waals surface area contributed by atoms with E-state index in [0.717, 1.165) is 44.8 Å². The highest BCUT2D eigenvalue weighted by atomic mass is 16.5. The molecule has 2 aromatic heterocycles. The fourth-order valence-electron chi connectivity index (χ4n) is 3.59. The Morgan fingerprint density at radius 3 is 3.07 bits per heavy atom. The molecule has 2 aromatic rings. The number of fused-ring (bicyclic) bond motifs is 1. The number of hydrogen-bond acceptors (Lipinski definition) is 7. The number of aliphatic hydroxyl groups is 1. The Labute approximate surface area is 164 Å². The van der Waals surface area contributed by atoms with Gasteiger partial charge in [0.25, 0.3) is 5.91 Å². The van der Waals surface area contributed by atoms with Crippen molar-refractivity contribution in [3.8, 4) is 0 Å². The van der Waals surface area contributed by atoms with Gasteiger partial charge in [0.2, 0.25) is 0 Å². The van der Waals surface area contributed by atoms with Crippen molar-refractivity contribution in [1.29, 1.82) is 0 Å². The van der Waals surface area contributed by atoms with Gasteiger partial charge in [0.1, 0.15) is 12.0 Å². The first-order valence-electron chi connectivity index (χ1n) is 9.66. The van der Waals surface area contributed by atoms with E-state index in [4.69, 9.17) is 4.74 Å². The normalized spacial score (nSPS) is 18.2. The topological polar surface area (TPSA) is 100 Å². The summed E-state index contributed by atoms with van der Waals surface area (Å²) >= 11 is 0. The number of β-amino-alcohol motifs (C(OH)–C–C–N with tert-alkyl or cyclic N) is 1. The van der Waals surface area contributed by atoms with Crippen LogP contribution in [0.15, 0.2) is 30.9 Å². The Bertz CT molecular complexity index is 827. The van der Waals surface area contributed by atoms with Crippen LogP contribution in [0.1, 0.15) is 27.3 Å². The molecule has 1 amide bonds. The summed E-state index contributed by atoms with van der Waals surface area (Å²) in [6.07, 6.45) is 6.22. The molecular formula is C20H25N5O3. The molecule has 1 atom stereocenters. The van der Waals surface area contributed by atoms with Gasteiger partial charge in [0.05, 0.1) is 19.3 Å². The van der Waals surface area contributed by atoms with E-state index in [1.165, 1.54) is 17.5 Å². The van der Waals surface area contributed by atoms with Crippen molar-refractivity contribution in [2.75, 3.05) is 32.8 Å². The second kappa shape index (κ2) is 8.72. The molecule has 8 heteroatoms. The van der Waals surface area contributed by atoms with Crippen LogP contribution in [0.3, 0.4) is 0 Å². The van der Waals surface area contributed by atoms with Gasteiger partial charge in [-0.3, -0.25) is 14.7 Å². The highest BCUT2D eigenvalue weighted by molar-refractivity contribution is 5.92. The number of aliphatic hydroxyl groups excluding tert-OH is 1. The summed E-state index contributed by atoms with van der Waals surface area (Å²) < 4.78 is 5.17. The molecule has 2 aliphatic heterocycles. The summed E-state index contributed by atoms with van der Waals surface area (Å²) in [6, 6.07) is 3.77. The van der Waals surface area contributed by atoms with Crippen LogP contribution in [0, 0.1) is 5.92 Å². The maximum Gasteiger partial charge on any atom is 0.270 e. The third kappa shape index (κ3) is 4.70. The number of nitrogens with one attached hydrogen (secondary N) is 1. The second-order valence-corrected chi connectivity index (χ2v) is 7.50. The van der Waals surface area contributed by atoms with Crippen LogP contribution in [-0.2, 0) is 24.1 Å². The van der Waals surface area contributed by atoms with Crippen LogP contribution in [0.2, 0.25) is 0 Å². The number of nitrogens with zero attached hydrogens (tertiary/aromatic N) is 4. The zero-order chi connectivity index (χ0) is 19.3. The minimum atomic E-state index is -0.643. The molecule has 4 heterocycles. The van der Waals surface area contributed by atoms with Crippen LogP contribution in [0.4, 0.5) is 0 Å². The van der Waals surface area contributed by atoms with Crippen molar-refractivity contribution >= 4 is 5.91 Å². The quantitative estimate of drug-likeness (QED) is 0.705. The third-order valence-corrected chi connectivity index (χ3v) is 5.22. The molecule has 0 unspecified atom stereocenters. The lowest BCUT2D eigenvalue weighted by molar-refractivity contribution is -0.0316. The van der Waals surface area contributed by atoms with Crippen molar-refractivity contribution < 1.29 is 14.6 Å². The summed E-state index contributed by atoms with van der Waals surface area (Å²) in [5, 5.41) is 13.1. The fraction of sp³-hybridized carbons (Fsp3) is 0.500. The second-order valence-electron chi connectivity index (χ2n) is 7.50. The van der Waals surface area contributed by atoms with Gasteiger partial charge in [-0.05, 0) is 36.1 Å². The first kappa shape index (κ1) is 18.9. The standard InChI is InChI=1S/C20H25N5O3/c26-18(10-25-4-2-15-1-3-21-7-16(15)9-25)8-22-20(27)19-6-17(23-13-24-19)5-14-11-28-12-14/h1,3,6-7,13-14,18,26H,2,4-5,8-12H2,(H,22,27)/t18-/m0/s1. The molecule has 0 aromatic carbocycles. The van der Waals surface area contributed by atoms with E-state index < -0.39 is 6.10 Å². The van der Waals surface area contributed by atoms with Gasteiger partial charge < -0.3 is 15.2 Å². The number of rotatable bonds is 7. The summed E-state index contributed by atoms with van der Waals surface area (Å²) in [5.41, 5.74) is 3.70. The van der Waals surface area contributed by atoms with Crippen LogP contribution >= 0.6 is 0 Å². The van der Waals surface area contributed by atoms with Crippen molar-refractivity contribution in [3.63, 3.8) is 0 Å². The molecule has 8 nitrogen and oxygen atoms in total. The average Bonchev–Trinajstić information content (AvgIpc) is 2.69. The summed E-state index contributed by atoms with van der Waals surface area (Å²) in [5.74, 6) is 0.179. The van der Waals surface area contributed by atoms with E-state index in [1.807, 2.05) is 12.4 Å². The van der Waals surface area contributed by atoms with Gasteiger partial charge in [0, 0.05) is 50.2 Å². The largest absolute Gasteiger partial charge is 0.390 e. The molecule has 2 aliphatic rings. The molecule has 1 fully saturated rings. The van der Waals surface area contributed by atoms with Gasteiger partial charge in [-0.25, -0.2) is 9.97 Å². The highest BCUT2D eigenvalue weighted by Crippen LogP contribution is 2.17. The van der Waals surface area contributed by atoms with E-state index in [0.29, 0.717) is 18.2 Å². The van der Waals surface area contributed by atoms with E-state index >= 15 is 0 Å². The van der Waals surface area contributed by atoms with E-state index in [-0.39, 0.29) is 12.5 Å². The monoisotopic (exact) mass is 383 g/mol. The number of carbonyl (C=O) groups is 1. The molecule has 148 valence electrons. The Morgan fingerprint density at radius 2 is 2.25 bits per heavy atom. The smallest absolute Gasteiger partial charge is 0.270 e. The number of hydrogen-bond donors (Lipinski definition) is 2. The van der Waals surface area contributed by atoms with Gasteiger partial charge in [-0.1, -0.05) is 0 Å². The molecule has 0 spiro atoms. The average molecular weight is 383 g/mol. The molecule has 0 aliphatic carbocycles. The maximum atomic E-state index is 12.4. The zero-order valence-corrected chi connectivity index (χ0v) is 15.8. The van der Waals surface area contributed by atoms with Crippen molar-refractivity contribution in [1.82, 2.24) is 25.2 Å². The lowest BCUT2D eigenvalue weighted by Crippen LogP contribution is -2.42. The SMILES string of the molecule is O=C(NC[C@H](O)CN1CCc2ccncc2C1)c1cc(CC2COC2)ncn1. The van der Waals surface area contributed by atoms with Crippen LogP contribution < -0.4 is 5.32 Å². The Hall–Kier alpha value is -2.42. The molecule has 28 heavy (non-hydrogen) atoms. The molecule has 0 radical (unpaired) electrons. The number of aromatic nitrogens is 3. The highest BCUT2D eigenvalue weighted by Gasteiger charge is 2.21. The molecular weight excluding hydrogens is 358 g/mol. The number of carbonyl (C=O) groups excluding carboxylic acids is 1. The predicted octanol–water partition coefficient (Wildman–Crippen LogP) is 0.209. The molecule has 2 N–H and O–H groups in total. The van der Waals surface area contributed by atoms with Crippen LogP contribution in [0.25, 0.3) is 0 Å². The van der Waals surface area contributed by atoms with Gasteiger partial charge in [0.15, 0.2) is 0 Å².